The van der Waals surface area contributed by atoms with Crippen LogP contribution in [0.25, 0.3) is 11.3 Å². The summed E-state index contributed by atoms with van der Waals surface area (Å²) in [6.45, 7) is 6.95. The van der Waals surface area contributed by atoms with Crippen LogP contribution in [0.2, 0.25) is 0 Å². The molecule has 2 aromatic carbocycles. The van der Waals surface area contributed by atoms with Gasteiger partial charge in [-0.1, -0.05) is 47.6 Å². The second-order valence-corrected chi connectivity index (χ2v) is 7.96. The number of nitrogens with zero attached hydrogens (tertiary/aromatic N) is 4. The average Bonchev–Trinajstić information content (AvgIpc) is 3.36. The van der Waals surface area contributed by atoms with Gasteiger partial charge in [-0.2, -0.15) is 5.10 Å². The van der Waals surface area contributed by atoms with Gasteiger partial charge in [-0.05, 0) is 43.5 Å². The molecule has 4 aromatic rings. The van der Waals surface area contributed by atoms with Crippen molar-refractivity contribution in [1.82, 2.24) is 19.8 Å². The van der Waals surface area contributed by atoms with Gasteiger partial charge in [0.15, 0.2) is 0 Å². The molecule has 0 radical (unpaired) electrons. The Hall–Kier alpha value is -3.67. The predicted octanol–water partition coefficient (Wildman–Crippen LogP) is 4.78. The largest absolute Gasteiger partial charge is 0.361 e. The van der Waals surface area contributed by atoms with E-state index in [2.05, 4.69) is 43.3 Å². The molecule has 158 valence electrons. The molecule has 0 spiro atoms. The topological polar surface area (TPSA) is 64.2 Å². The Morgan fingerprint density at radius 1 is 1.03 bits per heavy atom. The summed E-state index contributed by atoms with van der Waals surface area (Å²) in [6, 6.07) is 18.1. The van der Waals surface area contributed by atoms with Crippen LogP contribution in [0.4, 0.5) is 0 Å². The molecule has 2 heterocycles. The number of hydrogen-bond donors (Lipinski definition) is 0. The molecule has 0 aliphatic rings. The van der Waals surface area contributed by atoms with E-state index < -0.39 is 0 Å². The number of benzene rings is 2. The van der Waals surface area contributed by atoms with Gasteiger partial charge < -0.3 is 9.42 Å². The fourth-order valence-electron chi connectivity index (χ4n) is 3.54. The smallest absolute Gasteiger partial charge is 0.257 e. The number of carbonyl (C=O) groups is 1. The molecule has 0 aliphatic heterocycles. The van der Waals surface area contributed by atoms with Gasteiger partial charge in [0.25, 0.3) is 5.91 Å². The Morgan fingerprint density at radius 2 is 1.81 bits per heavy atom. The van der Waals surface area contributed by atoms with Crippen molar-refractivity contribution in [3.63, 3.8) is 0 Å². The van der Waals surface area contributed by atoms with E-state index in [-0.39, 0.29) is 5.91 Å². The molecule has 2 aromatic heterocycles. The summed E-state index contributed by atoms with van der Waals surface area (Å²) in [6.07, 6.45) is 1.84. The highest BCUT2D eigenvalue weighted by atomic mass is 16.5. The zero-order valence-electron chi connectivity index (χ0n) is 18.3. The molecule has 0 aliphatic carbocycles. The maximum atomic E-state index is 13.4. The third-order valence-corrected chi connectivity index (χ3v) is 5.38. The number of rotatable bonds is 6. The van der Waals surface area contributed by atoms with Crippen molar-refractivity contribution < 1.29 is 9.32 Å². The Morgan fingerprint density at radius 3 is 2.48 bits per heavy atom. The Kier molecular flexibility index (Phi) is 5.71. The molecule has 0 atom stereocenters. The van der Waals surface area contributed by atoms with E-state index in [0.29, 0.717) is 24.3 Å². The van der Waals surface area contributed by atoms with Crippen molar-refractivity contribution in [3.8, 4) is 11.3 Å². The van der Waals surface area contributed by atoms with Gasteiger partial charge in [0.2, 0.25) is 0 Å². The van der Waals surface area contributed by atoms with Crippen molar-refractivity contribution in [2.45, 2.75) is 33.9 Å². The summed E-state index contributed by atoms with van der Waals surface area (Å²) in [5, 5.41) is 8.80. The summed E-state index contributed by atoms with van der Waals surface area (Å²) in [4.78, 5) is 15.0. The van der Waals surface area contributed by atoms with Crippen molar-refractivity contribution in [2.24, 2.45) is 0 Å². The first kappa shape index (κ1) is 20.6. The molecule has 6 nitrogen and oxygen atoms in total. The van der Waals surface area contributed by atoms with Gasteiger partial charge in [0.1, 0.15) is 17.1 Å². The van der Waals surface area contributed by atoms with Gasteiger partial charge in [-0.3, -0.25) is 9.48 Å². The fraction of sp³-hybridized carbons (Fsp3) is 0.240. The van der Waals surface area contributed by atoms with Crippen molar-refractivity contribution in [1.29, 1.82) is 0 Å². The lowest BCUT2D eigenvalue weighted by atomic mass is 10.0. The van der Waals surface area contributed by atoms with E-state index >= 15 is 0 Å². The van der Waals surface area contributed by atoms with Crippen LogP contribution in [0.5, 0.6) is 0 Å². The normalized spacial score (nSPS) is 11.0. The molecule has 31 heavy (non-hydrogen) atoms. The van der Waals surface area contributed by atoms with Crippen LogP contribution in [0.3, 0.4) is 0 Å². The van der Waals surface area contributed by atoms with Crippen LogP contribution in [0.15, 0.2) is 65.3 Å². The van der Waals surface area contributed by atoms with Crippen LogP contribution in [0.1, 0.15) is 38.5 Å². The molecule has 1 amide bonds. The molecule has 0 fully saturated rings. The molecule has 0 N–H and O–H groups in total. The first-order chi connectivity index (χ1) is 14.9. The summed E-state index contributed by atoms with van der Waals surface area (Å²) in [7, 11) is 1.77. The molecular formula is C25H26N4O2. The molecular weight excluding hydrogens is 388 g/mol. The van der Waals surface area contributed by atoms with Crippen LogP contribution in [-0.4, -0.2) is 32.8 Å². The Bertz CT molecular complexity index is 1210. The molecule has 0 saturated carbocycles. The van der Waals surface area contributed by atoms with Crippen molar-refractivity contribution in [3.05, 3.63) is 94.5 Å². The fourth-order valence-corrected chi connectivity index (χ4v) is 3.54. The van der Waals surface area contributed by atoms with E-state index in [1.807, 2.05) is 48.1 Å². The van der Waals surface area contributed by atoms with Crippen LogP contribution < -0.4 is 0 Å². The van der Waals surface area contributed by atoms with Gasteiger partial charge >= 0.3 is 0 Å². The third kappa shape index (κ3) is 4.58. The van der Waals surface area contributed by atoms with Crippen LogP contribution in [-0.2, 0) is 13.1 Å². The molecule has 6 heteroatoms. The van der Waals surface area contributed by atoms with E-state index in [9.17, 15) is 4.79 Å². The summed E-state index contributed by atoms with van der Waals surface area (Å²) in [5.41, 5.74) is 6.41. The van der Waals surface area contributed by atoms with Crippen molar-refractivity contribution >= 4 is 5.91 Å². The monoisotopic (exact) mass is 414 g/mol. The zero-order valence-corrected chi connectivity index (χ0v) is 18.3. The lowest BCUT2D eigenvalue weighted by molar-refractivity contribution is 0.0783. The highest BCUT2D eigenvalue weighted by molar-refractivity contribution is 5.99. The van der Waals surface area contributed by atoms with Gasteiger partial charge in [-0.25, -0.2) is 0 Å². The second-order valence-electron chi connectivity index (χ2n) is 7.96. The van der Waals surface area contributed by atoms with Gasteiger partial charge in [0.05, 0.1) is 18.7 Å². The highest BCUT2D eigenvalue weighted by Crippen LogP contribution is 2.26. The first-order valence-corrected chi connectivity index (χ1v) is 10.3. The number of hydrogen-bond acceptors (Lipinski definition) is 4. The van der Waals surface area contributed by atoms with E-state index in [0.717, 1.165) is 22.6 Å². The van der Waals surface area contributed by atoms with Crippen molar-refractivity contribution in [2.75, 3.05) is 7.05 Å². The van der Waals surface area contributed by atoms with Gasteiger partial charge in [0, 0.05) is 24.9 Å². The summed E-state index contributed by atoms with van der Waals surface area (Å²) >= 11 is 0. The SMILES string of the molecule is Cc1cc(CN(C)C(=O)c2cn(Cc3ccccc3)nc2-c2ccc(C)c(C)c2)no1. The van der Waals surface area contributed by atoms with E-state index in [1.54, 1.807) is 11.9 Å². The minimum absolute atomic E-state index is 0.104. The summed E-state index contributed by atoms with van der Waals surface area (Å²) < 4.78 is 6.97. The molecule has 0 unspecified atom stereocenters. The standard InChI is InChI=1S/C25H26N4O2/c1-17-10-11-21(12-18(17)2)24-23(16-29(26-24)14-20-8-6-5-7-9-20)25(30)28(4)15-22-13-19(3)31-27-22/h5-13,16H,14-15H2,1-4H3. The molecule has 0 bridgehead atoms. The molecule has 0 saturated heterocycles. The lowest BCUT2D eigenvalue weighted by Crippen LogP contribution is -2.26. The Labute approximate surface area is 182 Å². The number of aromatic nitrogens is 3. The highest BCUT2D eigenvalue weighted by Gasteiger charge is 2.22. The maximum Gasteiger partial charge on any atom is 0.257 e. The predicted molar refractivity (Wildman–Crippen MR) is 120 cm³/mol. The minimum atomic E-state index is -0.104. The van der Waals surface area contributed by atoms with E-state index in [1.165, 1.54) is 11.1 Å². The average molecular weight is 415 g/mol. The third-order valence-electron chi connectivity index (χ3n) is 5.38. The van der Waals surface area contributed by atoms with Crippen LogP contribution >= 0.6 is 0 Å². The van der Waals surface area contributed by atoms with Gasteiger partial charge in [-0.15, -0.1) is 0 Å². The van der Waals surface area contributed by atoms with E-state index in [4.69, 9.17) is 9.62 Å². The second kappa shape index (κ2) is 8.60. The molecule has 4 rings (SSSR count). The zero-order chi connectivity index (χ0) is 22.0. The maximum absolute atomic E-state index is 13.4. The minimum Gasteiger partial charge on any atom is -0.361 e. The lowest BCUT2D eigenvalue weighted by Gasteiger charge is -2.15. The first-order valence-electron chi connectivity index (χ1n) is 10.3. The Balaban J connectivity index is 1.69. The number of carbonyl (C=O) groups excluding carboxylic acids is 1. The quantitative estimate of drug-likeness (QED) is 0.455. The number of aryl methyl sites for hydroxylation is 3. The van der Waals surface area contributed by atoms with Crippen LogP contribution in [0, 0.1) is 20.8 Å². The number of amides is 1. The summed E-state index contributed by atoms with van der Waals surface area (Å²) in [5.74, 6) is 0.621.